The van der Waals surface area contributed by atoms with Gasteiger partial charge in [0.25, 0.3) is 0 Å². The molecular formula is C24H32O6. The minimum absolute atomic E-state index is 0.0209. The van der Waals surface area contributed by atoms with Crippen LogP contribution in [-0.4, -0.2) is 34.4 Å². The molecule has 3 rings (SSSR count). The normalized spacial score (nSPS) is 21.7. The number of rotatable bonds is 7. The van der Waals surface area contributed by atoms with Crippen LogP contribution in [0.1, 0.15) is 87.2 Å². The molecule has 0 radical (unpaired) electrons. The lowest BCUT2D eigenvalue weighted by molar-refractivity contribution is -0.140. The predicted molar refractivity (Wildman–Crippen MR) is 113 cm³/mol. The quantitative estimate of drug-likeness (QED) is 0.370. The highest BCUT2D eigenvalue weighted by molar-refractivity contribution is 5.94. The molecular weight excluding hydrogens is 384 g/mol. The average molecular weight is 417 g/mol. The Balaban J connectivity index is 2.09. The number of ether oxygens (including phenoxy) is 2. The van der Waals surface area contributed by atoms with Gasteiger partial charge in [0.05, 0.1) is 0 Å². The summed E-state index contributed by atoms with van der Waals surface area (Å²) in [6.45, 7) is 7.77. The van der Waals surface area contributed by atoms with Crippen molar-refractivity contribution in [1.29, 1.82) is 0 Å². The third-order valence-electron chi connectivity index (χ3n) is 6.33. The van der Waals surface area contributed by atoms with Crippen molar-refractivity contribution in [2.75, 3.05) is 6.61 Å². The van der Waals surface area contributed by atoms with Gasteiger partial charge in [-0.15, -0.1) is 0 Å². The van der Waals surface area contributed by atoms with E-state index < -0.39 is 11.6 Å². The van der Waals surface area contributed by atoms with Gasteiger partial charge in [0.2, 0.25) is 0 Å². The van der Waals surface area contributed by atoms with E-state index in [-0.39, 0.29) is 35.7 Å². The number of hydrogen-bond acceptors (Lipinski definition) is 5. The summed E-state index contributed by atoms with van der Waals surface area (Å²) in [6.07, 6.45) is 7.09. The SMILES string of the molecule is CCCCCc1cc2c(c(O)c1C(=O)O)[C@H]1C=C(COC(C)=O)CC[C@@H]1C(C)(C)O2. The number of hydrogen-bond donors (Lipinski definition) is 2. The number of benzene rings is 1. The molecule has 1 heterocycles. The van der Waals surface area contributed by atoms with Crippen LogP contribution in [0.3, 0.4) is 0 Å². The van der Waals surface area contributed by atoms with Gasteiger partial charge in [-0.2, -0.15) is 0 Å². The molecule has 2 aliphatic rings. The Labute approximate surface area is 177 Å². The van der Waals surface area contributed by atoms with Crippen molar-refractivity contribution in [3.63, 3.8) is 0 Å². The Morgan fingerprint density at radius 1 is 1.30 bits per heavy atom. The van der Waals surface area contributed by atoms with Crippen molar-refractivity contribution in [3.8, 4) is 11.5 Å². The fourth-order valence-electron chi connectivity index (χ4n) is 4.83. The number of carbonyl (C=O) groups is 2. The van der Waals surface area contributed by atoms with E-state index in [9.17, 15) is 19.8 Å². The van der Waals surface area contributed by atoms with Crippen molar-refractivity contribution in [1.82, 2.24) is 0 Å². The second-order valence-electron chi connectivity index (χ2n) is 8.92. The Hall–Kier alpha value is -2.50. The summed E-state index contributed by atoms with van der Waals surface area (Å²) < 4.78 is 11.5. The number of carboxylic acid groups (broad SMARTS) is 1. The van der Waals surface area contributed by atoms with Crippen LogP contribution >= 0.6 is 0 Å². The molecule has 0 bridgehead atoms. The number of aromatic carboxylic acids is 1. The van der Waals surface area contributed by atoms with Crippen molar-refractivity contribution < 1.29 is 29.3 Å². The molecule has 0 saturated heterocycles. The van der Waals surface area contributed by atoms with Crippen LogP contribution in [0.15, 0.2) is 17.7 Å². The van der Waals surface area contributed by atoms with Crippen molar-refractivity contribution in [3.05, 3.63) is 34.4 Å². The van der Waals surface area contributed by atoms with E-state index in [1.54, 1.807) is 6.07 Å². The zero-order chi connectivity index (χ0) is 22.1. The molecule has 1 aliphatic heterocycles. The van der Waals surface area contributed by atoms with Crippen LogP contribution in [0.5, 0.6) is 11.5 Å². The number of carbonyl (C=O) groups excluding carboxylic acids is 1. The zero-order valence-corrected chi connectivity index (χ0v) is 18.3. The molecule has 0 unspecified atom stereocenters. The third-order valence-corrected chi connectivity index (χ3v) is 6.33. The number of esters is 1. The van der Waals surface area contributed by atoms with Crippen LogP contribution in [0.2, 0.25) is 0 Å². The van der Waals surface area contributed by atoms with E-state index in [1.165, 1.54) is 6.92 Å². The molecule has 0 aromatic heterocycles. The first-order valence-corrected chi connectivity index (χ1v) is 10.8. The lowest BCUT2D eigenvalue weighted by atomic mass is 9.67. The van der Waals surface area contributed by atoms with Gasteiger partial charge in [0, 0.05) is 24.3 Å². The van der Waals surface area contributed by atoms with Crippen molar-refractivity contribution >= 4 is 11.9 Å². The Bertz CT molecular complexity index is 867. The number of allylic oxidation sites excluding steroid dienone is 1. The summed E-state index contributed by atoms with van der Waals surface area (Å²) in [5.74, 6) is -1.20. The van der Waals surface area contributed by atoms with Gasteiger partial charge in [-0.05, 0) is 56.7 Å². The van der Waals surface area contributed by atoms with E-state index in [1.807, 2.05) is 19.9 Å². The Morgan fingerprint density at radius 3 is 2.67 bits per heavy atom. The standard InChI is InChI=1S/C24H32O6/c1-5-6-7-8-16-12-19-21(22(26)20(16)23(27)28)17-11-15(13-29-14(2)25)9-10-18(17)24(3,4)30-19/h11-12,17-18,26H,5-10,13H2,1-4H3,(H,27,28)/t17-,18-/m0/s1. The second-order valence-corrected chi connectivity index (χ2v) is 8.92. The minimum Gasteiger partial charge on any atom is -0.507 e. The van der Waals surface area contributed by atoms with Gasteiger partial charge >= 0.3 is 11.9 Å². The van der Waals surface area contributed by atoms with E-state index in [0.717, 1.165) is 37.7 Å². The lowest BCUT2D eigenvalue weighted by Crippen LogP contribution is -2.45. The Kier molecular flexibility index (Phi) is 6.44. The number of aromatic hydroxyl groups is 1. The van der Waals surface area contributed by atoms with E-state index >= 15 is 0 Å². The highest BCUT2D eigenvalue weighted by Crippen LogP contribution is 2.54. The number of phenols is 1. The highest BCUT2D eigenvalue weighted by atomic mass is 16.5. The fourth-order valence-corrected chi connectivity index (χ4v) is 4.83. The lowest BCUT2D eigenvalue weighted by Gasteiger charge is -2.46. The molecule has 1 aliphatic carbocycles. The maximum absolute atomic E-state index is 12.0. The molecule has 0 saturated carbocycles. The first-order valence-electron chi connectivity index (χ1n) is 10.8. The molecule has 0 spiro atoms. The molecule has 2 atom stereocenters. The second kappa shape index (κ2) is 8.70. The van der Waals surface area contributed by atoms with Gasteiger partial charge in [-0.1, -0.05) is 25.8 Å². The first-order chi connectivity index (χ1) is 14.2. The van der Waals surface area contributed by atoms with Crippen LogP contribution < -0.4 is 4.74 Å². The van der Waals surface area contributed by atoms with Crippen LogP contribution in [-0.2, 0) is 16.0 Å². The van der Waals surface area contributed by atoms with E-state index in [4.69, 9.17) is 9.47 Å². The van der Waals surface area contributed by atoms with Gasteiger partial charge < -0.3 is 19.7 Å². The molecule has 6 heteroatoms. The summed E-state index contributed by atoms with van der Waals surface area (Å²) in [6, 6.07) is 1.81. The molecule has 2 N–H and O–H groups in total. The first kappa shape index (κ1) is 22.2. The number of aryl methyl sites for hydroxylation is 1. The summed E-state index contributed by atoms with van der Waals surface area (Å²) >= 11 is 0. The number of unbranched alkanes of at least 4 members (excludes halogenated alkanes) is 2. The molecule has 1 aromatic rings. The molecule has 0 amide bonds. The van der Waals surface area contributed by atoms with Gasteiger partial charge in [-0.25, -0.2) is 4.79 Å². The summed E-state index contributed by atoms with van der Waals surface area (Å²) in [7, 11) is 0. The molecule has 6 nitrogen and oxygen atoms in total. The molecule has 1 aromatic carbocycles. The molecule has 30 heavy (non-hydrogen) atoms. The smallest absolute Gasteiger partial charge is 0.339 e. The predicted octanol–water partition coefficient (Wildman–Crippen LogP) is 4.98. The van der Waals surface area contributed by atoms with Crippen LogP contribution in [0.25, 0.3) is 0 Å². The zero-order valence-electron chi connectivity index (χ0n) is 18.3. The largest absolute Gasteiger partial charge is 0.507 e. The maximum Gasteiger partial charge on any atom is 0.339 e. The fraction of sp³-hybridized carbons (Fsp3) is 0.583. The van der Waals surface area contributed by atoms with Crippen LogP contribution in [0.4, 0.5) is 0 Å². The van der Waals surface area contributed by atoms with Gasteiger partial charge in [0.15, 0.2) is 0 Å². The molecule has 164 valence electrons. The highest BCUT2D eigenvalue weighted by Gasteiger charge is 2.46. The number of carboxylic acids is 1. The van der Waals surface area contributed by atoms with Gasteiger partial charge in [-0.3, -0.25) is 4.79 Å². The third kappa shape index (κ3) is 4.32. The van der Waals surface area contributed by atoms with Gasteiger partial charge in [0.1, 0.15) is 29.3 Å². The number of fused-ring (bicyclic) bond motifs is 3. The molecule has 0 fully saturated rings. The topological polar surface area (TPSA) is 93.1 Å². The summed E-state index contributed by atoms with van der Waals surface area (Å²) in [5.41, 5.74) is 1.65. The minimum atomic E-state index is -1.12. The van der Waals surface area contributed by atoms with Crippen LogP contribution in [0, 0.1) is 5.92 Å². The van der Waals surface area contributed by atoms with E-state index in [2.05, 4.69) is 6.92 Å². The maximum atomic E-state index is 12.0. The Morgan fingerprint density at radius 2 is 2.03 bits per heavy atom. The van der Waals surface area contributed by atoms with Crippen molar-refractivity contribution in [2.24, 2.45) is 5.92 Å². The summed E-state index contributed by atoms with van der Waals surface area (Å²) in [5, 5.41) is 20.9. The summed E-state index contributed by atoms with van der Waals surface area (Å²) in [4.78, 5) is 23.2. The van der Waals surface area contributed by atoms with E-state index in [0.29, 0.717) is 23.3 Å². The van der Waals surface area contributed by atoms with Crippen molar-refractivity contribution in [2.45, 2.75) is 77.7 Å². The monoisotopic (exact) mass is 416 g/mol. The average Bonchev–Trinajstić information content (AvgIpc) is 2.65.